The van der Waals surface area contributed by atoms with Crippen molar-refractivity contribution in [1.29, 1.82) is 0 Å². The second-order valence-corrected chi connectivity index (χ2v) is 1.98. The fourth-order valence-corrected chi connectivity index (χ4v) is 0.386. The standard InChI is InChI=1S/C4H7ClN2O3/c1-2(3(5)7-10)6-4(8)9/h2,6,10H,1H3,(H,8,9)/b7-3-/t2-/m1/s1. The van der Waals surface area contributed by atoms with Gasteiger partial charge in [-0.1, -0.05) is 16.8 Å². The summed E-state index contributed by atoms with van der Waals surface area (Å²) in [5.74, 6) is 0. The first-order valence-electron chi connectivity index (χ1n) is 2.45. The molecule has 1 atom stereocenters. The van der Waals surface area contributed by atoms with Crippen molar-refractivity contribution in [2.75, 3.05) is 0 Å². The lowest BCUT2D eigenvalue weighted by molar-refractivity contribution is 0.193. The smallest absolute Gasteiger partial charge is 0.405 e. The van der Waals surface area contributed by atoms with Crippen molar-refractivity contribution in [2.24, 2.45) is 5.16 Å². The molecule has 3 N–H and O–H groups in total. The molecule has 0 spiro atoms. The number of nitrogens with zero attached hydrogens (tertiary/aromatic N) is 1. The summed E-state index contributed by atoms with van der Waals surface area (Å²) in [6.07, 6.45) is -1.21. The number of carboxylic acid groups (broad SMARTS) is 1. The van der Waals surface area contributed by atoms with Crippen molar-refractivity contribution >= 4 is 22.9 Å². The van der Waals surface area contributed by atoms with Gasteiger partial charge in [-0.25, -0.2) is 4.79 Å². The molecule has 10 heavy (non-hydrogen) atoms. The molecule has 0 saturated heterocycles. The molecule has 0 aromatic carbocycles. The molecule has 0 aliphatic heterocycles. The van der Waals surface area contributed by atoms with E-state index in [0.717, 1.165) is 0 Å². The third-order valence-electron chi connectivity index (χ3n) is 0.793. The molecule has 0 aromatic rings. The summed E-state index contributed by atoms with van der Waals surface area (Å²) in [5.41, 5.74) is 0. The monoisotopic (exact) mass is 166 g/mol. The van der Waals surface area contributed by atoms with Crippen LogP contribution in [0.4, 0.5) is 4.79 Å². The molecule has 0 heterocycles. The largest absolute Gasteiger partial charge is 0.465 e. The number of hydrogen-bond acceptors (Lipinski definition) is 3. The molecule has 0 bridgehead atoms. The highest BCUT2D eigenvalue weighted by atomic mass is 35.5. The van der Waals surface area contributed by atoms with Crippen molar-refractivity contribution in [3.8, 4) is 0 Å². The fraction of sp³-hybridized carbons (Fsp3) is 0.500. The minimum atomic E-state index is -1.21. The van der Waals surface area contributed by atoms with E-state index >= 15 is 0 Å². The molecule has 6 heteroatoms. The summed E-state index contributed by atoms with van der Waals surface area (Å²) in [6, 6.07) is -0.677. The predicted octanol–water partition coefficient (Wildman–Crippen LogP) is 0.669. The zero-order valence-corrected chi connectivity index (χ0v) is 5.96. The molecule has 0 saturated carbocycles. The number of rotatable bonds is 2. The summed E-state index contributed by atoms with van der Waals surface area (Å²) in [6.45, 7) is 1.45. The van der Waals surface area contributed by atoms with Crippen LogP contribution in [0.5, 0.6) is 0 Å². The van der Waals surface area contributed by atoms with Gasteiger partial charge < -0.3 is 15.6 Å². The number of carbonyl (C=O) groups is 1. The van der Waals surface area contributed by atoms with Crippen molar-refractivity contribution in [3.05, 3.63) is 0 Å². The van der Waals surface area contributed by atoms with Crippen molar-refractivity contribution < 1.29 is 15.1 Å². The summed E-state index contributed by atoms with van der Waals surface area (Å²) in [7, 11) is 0. The Kier molecular flexibility index (Phi) is 3.56. The van der Waals surface area contributed by atoms with Crippen molar-refractivity contribution in [1.82, 2.24) is 5.32 Å². The van der Waals surface area contributed by atoms with E-state index in [4.69, 9.17) is 21.9 Å². The van der Waals surface area contributed by atoms with Gasteiger partial charge in [-0.05, 0) is 6.92 Å². The van der Waals surface area contributed by atoms with Crippen LogP contribution in [0.2, 0.25) is 0 Å². The molecule has 0 aliphatic carbocycles. The van der Waals surface area contributed by atoms with E-state index in [0.29, 0.717) is 0 Å². The lowest BCUT2D eigenvalue weighted by atomic mass is 10.4. The van der Waals surface area contributed by atoms with Gasteiger partial charge in [0.05, 0.1) is 6.04 Å². The van der Waals surface area contributed by atoms with Gasteiger partial charge in [0.2, 0.25) is 0 Å². The Bertz CT molecular complexity index is 159. The maximum atomic E-state index is 9.92. The van der Waals surface area contributed by atoms with E-state index in [9.17, 15) is 4.79 Å². The maximum absolute atomic E-state index is 9.92. The first-order chi connectivity index (χ1) is 4.57. The summed E-state index contributed by atoms with van der Waals surface area (Å²) < 4.78 is 0. The van der Waals surface area contributed by atoms with E-state index in [1.807, 2.05) is 5.32 Å². The lowest BCUT2D eigenvalue weighted by Crippen LogP contribution is -2.35. The normalized spacial score (nSPS) is 14.4. The quantitative estimate of drug-likeness (QED) is 0.320. The average Bonchev–Trinajstić information content (AvgIpc) is 1.85. The van der Waals surface area contributed by atoms with Gasteiger partial charge in [0.25, 0.3) is 0 Å². The topological polar surface area (TPSA) is 81.9 Å². The second kappa shape index (κ2) is 3.94. The summed E-state index contributed by atoms with van der Waals surface area (Å²) >= 11 is 5.23. The molecular weight excluding hydrogens is 160 g/mol. The zero-order chi connectivity index (χ0) is 8.15. The molecule has 0 rings (SSSR count). The van der Waals surface area contributed by atoms with E-state index in [1.54, 1.807) is 0 Å². The Balaban J connectivity index is 3.85. The highest BCUT2D eigenvalue weighted by molar-refractivity contribution is 6.66. The van der Waals surface area contributed by atoms with Gasteiger partial charge >= 0.3 is 6.09 Å². The Labute approximate surface area is 62.3 Å². The molecule has 1 amide bonds. The minimum Gasteiger partial charge on any atom is -0.465 e. The van der Waals surface area contributed by atoms with Crippen LogP contribution in [-0.4, -0.2) is 27.6 Å². The second-order valence-electron chi connectivity index (χ2n) is 1.59. The molecule has 0 aromatic heterocycles. The van der Waals surface area contributed by atoms with Gasteiger partial charge in [-0.15, -0.1) is 0 Å². The van der Waals surface area contributed by atoms with Crippen LogP contribution in [-0.2, 0) is 0 Å². The van der Waals surface area contributed by atoms with E-state index in [-0.39, 0.29) is 5.17 Å². The molecule has 0 radical (unpaired) electrons. The van der Waals surface area contributed by atoms with Crippen LogP contribution in [0.25, 0.3) is 0 Å². The van der Waals surface area contributed by atoms with Crippen molar-refractivity contribution in [3.63, 3.8) is 0 Å². The Morgan fingerprint density at radius 1 is 1.80 bits per heavy atom. The first kappa shape index (κ1) is 9.03. The lowest BCUT2D eigenvalue weighted by Gasteiger charge is -2.05. The van der Waals surface area contributed by atoms with E-state index < -0.39 is 12.1 Å². The Hall–Kier alpha value is -0.970. The molecule has 58 valence electrons. The van der Waals surface area contributed by atoms with E-state index in [1.165, 1.54) is 6.92 Å². The summed E-state index contributed by atoms with van der Waals surface area (Å²) in [5, 5.41) is 20.6. The molecule has 0 unspecified atom stereocenters. The number of halogens is 1. The molecule has 0 fully saturated rings. The molecular formula is C4H7ClN2O3. The van der Waals surface area contributed by atoms with Crippen molar-refractivity contribution in [2.45, 2.75) is 13.0 Å². The van der Waals surface area contributed by atoms with Gasteiger partial charge in [0.15, 0.2) is 5.17 Å². The predicted molar refractivity (Wildman–Crippen MR) is 35.7 cm³/mol. The number of amides is 1. The van der Waals surface area contributed by atoms with Gasteiger partial charge in [-0.2, -0.15) is 0 Å². The van der Waals surface area contributed by atoms with Crippen LogP contribution in [0.15, 0.2) is 5.16 Å². The zero-order valence-electron chi connectivity index (χ0n) is 5.21. The number of hydrogen-bond donors (Lipinski definition) is 3. The third kappa shape index (κ3) is 3.13. The number of nitrogens with one attached hydrogen (secondary N) is 1. The average molecular weight is 167 g/mol. The van der Waals surface area contributed by atoms with Crippen LogP contribution >= 0.6 is 11.6 Å². The highest BCUT2D eigenvalue weighted by Gasteiger charge is 2.09. The van der Waals surface area contributed by atoms with Crippen LogP contribution in [0.1, 0.15) is 6.92 Å². The number of oxime groups is 1. The van der Waals surface area contributed by atoms with Crippen LogP contribution in [0.3, 0.4) is 0 Å². The molecule has 0 aliphatic rings. The third-order valence-corrected chi connectivity index (χ3v) is 1.20. The Morgan fingerprint density at radius 3 is 2.60 bits per heavy atom. The van der Waals surface area contributed by atoms with E-state index in [2.05, 4.69) is 5.16 Å². The first-order valence-corrected chi connectivity index (χ1v) is 2.82. The van der Waals surface area contributed by atoms with Gasteiger partial charge in [0, 0.05) is 0 Å². The van der Waals surface area contributed by atoms with Crippen LogP contribution in [0, 0.1) is 0 Å². The summed E-state index contributed by atoms with van der Waals surface area (Å²) in [4.78, 5) is 9.92. The highest BCUT2D eigenvalue weighted by Crippen LogP contribution is 1.92. The Morgan fingerprint density at radius 2 is 2.30 bits per heavy atom. The van der Waals surface area contributed by atoms with Crippen LogP contribution < -0.4 is 5.32 Å². The molecule has 5 nitrogen and oxygen atoms in total. The van der Waals surface area contributed by atoms with Gasteiger partial charge in [0.1, 0.15) is 0 Å². The SMILES string of the molecule is C[C@@H](NC(=O)O)/C(Cl)=N/O. The van der Waals surface area contributed by atoms with Gasteiger partial charge in [-0.3, -0.25) is 0 Å². The maximum Gasteiger partial charge on any atom is 0.405 e. The fourth-order valence-electron chi connectivity index (χ4n) is 0.331. The minimum absolute atomic E-state index is 0.192.